The van der Waals surface area contributed by atoms with Crippen molar-refractivity contribution < 1.29 is 4.79 Å². The summed E-state index contributed by atoms with van der Waals surface area (Å²) in [5, 5.41) is 7.16. The molecule has 0 bridgehead atoms. The summed E-state index contributed by atoms with van der Waals surface area (Å²) < 4.78 is 1.71. The van der Waals surface area contributed by atoms with Crippen LogP contribution in [-0.4, -0.2) is 39.3 Å². The lowest BCUT2D eigenvalue weighted by atomic mass is 9.97. The third-order valence-electron chi connectivity index (χ3n) is 5.07. The van der Waals surface area contributed by atoms with E-state index in [1.54, 1.807) is 15.9 Å². The van der Waals surface area contributed by atoms with Crippen molar-refractivity contribution >= 4 is 6.03 Å². The van der Waals surface area contributed by atoms with Gasteiger partial charge in [0.25, 0.3) is 0 Å². The van der Waals surface area contributed by atoms with Crippen LogP contribution in [0.1, 0.15) is 50.6 Å². The van der Waals surface area contributed by atoms with Crippen molar-refractivity contribution in [2.75, 3.05) is 13.6 Å². The number of hydrogen-bond acceptors (Lipinski definition) is 3. The summed E-state index contributed by atoms with van der Waals surface area (Å²) >= 11 is 0. The van der Waals surface area contributed by atoms with E-state index in [9.17, 15) is 4.79 Å². The lowest BCUT2D eigenvalue weighted by Crippen LogP contribution is -2.39. The number of amides is 2. The first-order chi connectivity index (χ1) is 12.6. The summed E-state index contributed by atoms with van der Waals surface area (Å²) in [4.78, 5) is 18.1. The van der Waals surface area contributed by atoms with Crippen molar-refractivity contribution in [2.45, 2.75) is 45.1 Å². The van der Waals surface area contributed by atoms with Gasteiger partial charge in [0, 0.05) is 13.6 Å². The molecule has 1 aliphatic carbocycles. The number of allylic oxidation sites excluding steroid dienone is 1. The molecule has 0 saturated heterocycles. The first-order valence-corrected chi connectivity index (χ1v) is 9.28. The van der Waals surface area contributed by atoms with E-state index in [1.807, 2.05) is 38.2 Å². The van der Waals surface area contributed by atoms with Crippen LogP contribution in [0.4, 0.5) is 4.79 Å². The van der Waals surface area contributed by atoms with Gasteiger partial charge in [-0.3, -0.25) is 0 Å². The number of carbonyl (C=O) groups excluding carboxylic acids is 1. The summed E-state index contributed by atoms with van der Waals surface area (Å²) in [5.74, 6) is 0. The molecule has 1 aromatic heterocycles. The summed E-state index contributed by atoms with van der Waals surface area (Å²) in [6.45, 7) is 2.74. The fourth-order valence-electron chi connectivity index (χ4n) is 3.23. The molecular weight excluding hydrogens is 326 g/mol. The second kappa shape index (κ2) is 8.65. The van der Waals surface area contributed by atoms with E-state index < -0.39 is 0 Å². The average Bonchev–Trinajstić information content (AvgIpc) is 3.22. The minimum atomic E-state index is -0.0331. The molecule has 0 aliphatic heterocycles. The molecule has 1 atom stereocenters. The van der Waals surface area contributed by atoms with Gasteiger partial charge in [-0.2, -0.15) is 5.10 Å². The van der Waals surface area contributed by atoms with Gasteiger partial charge in [-0.1, -0.05) is 23.8 Å². The Balaban J connectivity index is 1.52. The molecule has 6 nitrogen and oxygen atoms in total. The maximum absolute atomic E-state index is 12.4. The topological polar surface area (TPSA) is 63.1 Å². The fourth-order valence-corrected chi connectivity index (χ4v) is 3.23. The van der Waals surface area contributed by atoms with Crippen molar-refractivity contribution in [1.82, 2.24) is 25.0 Å². The lowest BCUT2D eigenvalue weighted by Gasteiger charge is -2.26. The highest BCUT2D eigenvalue weighted by molar-refractivity contribution is 5.74. The van der Waals surface area contributed by atoms with E-state index in [2.05, 4.69) is 21.5 Å². The molecule has 6 heteroatoms. The highest BCUT2D eigenvalue weighted by Gasteiger charge is 2.17. The zero-order valence-corrected chi connectivity index (χ0v) is 15.6. The standard InChI is InChI=1S/C20H27N5O/c1-16(18-8-10-19(11-9-18)25-15-21-14-23-25)24(2)20(26)22-13-12-17-6-4-3-5-7-17/h6,8-11,14-16H,3-5,7,12-13H2,1-2H3,(H,22,26). The van der Waals surface area contributed by atoms with Gasteiger partial charge in [0.15, 0.2) is 0 Å². The molecule has 1 heterocycles. The highest BCUT2D eigenvalue weighted by atomic mass is 16.2. The first kappa shape index (κ1) is 18.2. The number of carbonyl (C=O) groups is 1. The third-order valence-corrected chi connectivity index (χ3v) is 5.07. The average molecular weight is 353 g/mol. The Morgan fingerprint density at radius 1 is 1.31 bits per heavy atom. The van der Waals surface area contributed by atoms with Crippen molar-refractivity contribution in [3.8, 4) is 5.69 Å². The smallest absolute Gasteiger partial charge is 0.317 e. The maximum atomic E-state index is 12.4. The Morgan fingerprint density at radius 2 is 2.12 bits per heavy atom. The molecular formula is C20H27N5O. The van der Waals surface area contributed by atoms with Crippen LogP contribution in [0.2, 0.25) is 0 Å². The molecule has 2 aromatic rings. The number of urea groups is 1. The zero-order valence-electron chi connectivity index (χ0n) is 15.6. The molecule has 0 saturated carbocycles. The normalized spacial score (nSPS) is 15.2. The van der Waals surface area contributed by atoms with Crippen molar-refractivity contribution in [2.24, 2.45) is 0 Å². The van der Waals surface area contributed by atoms with Crippen molar-refractivity contribution in [1.29, 1.82) is 0 Å². The number of aromatic nitrogens is 3. The van der Waals surface area contributed by atoms with E-state index in [-0.39, 0.29) is 12.1 Å². The number of hydrogen-bond donors (Lipinski definition) is 1. The predicted octanol–water partition coefficient (Wildman–Crippen LogP) is 3.86. The molecule has 0 radical (unpaired) electrons. The molecule has 26 heavy (non-hydrogen) atoms. The largest absolute Gasteiger partial charge is 0.338 e. The second-order valence-electron chi connectivity index (χ2n) is 6.81. The Kier molecular flexibility index (Phi) is 6.04. The molecule has 3 rings (SSSR count). The Morgan fingerprint density at radius 3 is 2.77 bits per heavy atom. The number of rotatable bonds is 6. The Bertz CT molecular complexity index is 736. The van der Waals surface area contributed by atoms with E-state index in [0.29, 0.717) is 6.54 Å². The van der Waals surface area contributed by atoms with Crippen LogP contribution in [0.5, 0.6) is 0 Å². The summed E-state index contributed by atoms with van der Waals surface area (Å²) in [5.41, 5.74) is 3.52. The van der Waals surface area contributed by atoms with Gasteiger partial charge < -0.3 is 10.2 Å². The first-order valence-electron chi connectivity index (χ1n) is 9.28. The van der Waals surface area contributed by atoms with Crippen LogP contribution in [0.3, 0.4) is 0 Å². The molecule has 1 aliphatic rings. The van der Waals surface area contributed by atoms with Gasteiger partial charge in [-0.15, -0.1) is 0 Å². The number of benzene rings is 1. The highest BCUT2D eigenvalue weighted by Crippen LogP contribution is 2.21. The third kappa shape index (κ3) is 4.50. The van der Waals surface area contributed by atoms with Gasteiger partial charge in [0.05, 0.1) is 11.7 Å². The van der Waals surface area contributed by atoms with Crippen LogP contribution in [-0.2, 0) is 0 Å². The molecule has 2 amide bonds. The minimum Gasteiger partial charge on any atom is -0.338 e. The van der Waals surface area contributed by atoms with Gasteiger partial charge in [0.1, 0.15) is 12.7 Å². The van der Waals surface area contributed by atoms with Gasteiger partial charge >= 0.3 is 6.03 Å². The SMILES string of the molecule is CC(c1ccc(-n2cncn2)cc1)N(C)C(=O)NCCC1=CCCCC1. The second-order valence-corrected chi connectivity index (χ2v) is 6.81. The van der Waals surface area contributed by atoms with Crippen molar-refractivity contribution in [3.05, 3.63) is 54.1 Å². The molecule has 1 N–H and O–H groups in total. The van der Waals surface area contributed by atoms with Gasteiger partial charge in [-0.25, -0.2) is 14.5 Å². The van der Waals surface area contributed by atoms with Crippen LogP contribution in [0.15, 0.2) is 48.6 Å². The molecule has 0 fully saturated rings. The van der Waals surface area contributed by atoms with Crippen LogP contribution in [0.25, 0.3) is 5.69 Å². The molecule has 0 spiro atoms. The number of nitrogens with zero attached hydrogens (tertiary/aromatic N) is 4. The molecule has 138 valence electrons. The summed E-state index contributed by atoms with van der Waals surface area (Å²) in [6, 6.07) is 7.99. The Labute approximate surface area is 154 Å². The van der Waals surface area contributed by atoms with Crippen molar-refractivity contribution in [3.63, 3.8) is 0 Å². The van der Waals surface area contributed by atoms with E-state index in [0.717, 1.165) is 17.7 Å². The van der Waals surface area contributed by atoms with E-state index in [4.69, 9.17) is 0 Å². The minimum absolute atomic E-state index is 0.00584. The van der Waals surface area contributed by atoms with Gasteiger partial charge in [-0.05, 0) is 56.7 Å². The van der Waals surface area contributed by atoms with E-state index in [1.165, 1.54) is 37.6 Å². The molecule has 1 aromatic carbocycles. The lowest BCUT2D eigenvalue weighted by molar-refractivity contribution is 0.194. The number of nitrogens with one attached hydrogen (secondary N) is 1. The Hall–Kier alpha value is -2.63. The quantitative estimate of drug-likeness (QED) is 0.802. The van der Waals surface area contributed by atoms with Crippen LogP contribution < -0.4 is 5.32 Å². The fraction of sp³-hybridized carbons (Fsp3) is 0.450. The molecule has 1 unspecified atom stereocenters. The van der Waals surface area contributed by atoms with Crippen LogP contribution in [0, 0.1) is 0 Å². The summed E-state index contributed by atoms with van der Waals surface area (Å²) in [6.07, 6.45) is 11.4. The zero-order chi connectivity index (χ0) is 18.4. The van der Waals surface area contributed by atoms with Crippen LogP contribution >= 0.6 is 0 Å². The van der Waals surface area contributed by atoms with Gasteiger partial charge in [0.2, 0.25) is 0 Å². The van der Waals surface area contributed by atoms with E-state index >= 15 is 0 Å². The monoisotopic (exact) mass is 353 g/mol. The summed E-state index contributed by atoms with van der Waals surface area (Å²) in [7, 11) is 1.84. The maximum Gasteiger partial charge on any atom is 0.317 e. The predicted molar refractivity (Wildman–Crippen MR) is 102 cm³/mol.